The van der Waals surface area contributed by atoms with Gasteiger partial charge in [-0.3, -0.25) is 19.9 Å². The van der Waals surface area contributed by atoms with E-state index >= 15 is 0 Å². The topological polar surface area (TPSA) is 121 Å². The Balaban J connectivity index is 1.59. The van der Waals surface area contributed by atoms with Crippen molar-refractivity contribution in [2.75, 3.05) is 12.4 Å². The molecule has 9 heteroatoms. The zero-order chi connectivity index (χ0) is 23.5. The van der Waals surface area contributed by atoms with Crippen LogP contribution in [0.2, 0.25) is 0 Å². The number of esters is 1. The van der Waals surface area contributed by atoms with Crippen LogP contribution in [0.25, 0.3) is 10.9 Å². The van der Waals surface area contributed by atoms with Crippen LogP contribution in [0, 0.1) is 10.1 Å². The molecule has 0 unspecified atom stereocenters. The fourth-order valence-corrected chi connectivity index (χ4v) is 4.02. The number of ether oxygens (including phenoxy) is 2. The van der Waals surface area contributed by atoms with Gasteiger partial charge in [-0.25, -0.2) is 4.79 Å². The lowest BCUT2D eigenvalue weighted by atomic mass is 9.90. The Labute approximate surface area is 189 Å². The van der Waals surface area contributed by atoms with Gasteiger partial charge >= 0.3 is 5.97 Å². The number of nitrogens with one attached hydrogen (secondary N) is 1. The number of para-hydroxylation sites is 1. The number of nitro groups is 1. The number of aromatic nitrogens is 1. The minimum Gasteiger partial charge on any atom is -0.495 e. The highest BCUT2D eigenvalue weighted by atomic mass is 16.6. The minimum atomic E-state index is -1.15. The second kappa shape index (κ2) is 9.23. The van der Waals surface area contributed by atoms with Gasteiger partial charge in [0.05, 0.1) is 28.8 Å². The molecule has 2 aromatic carbocycles. The van der Waals surface area contributed by atoms with E-state index in [1.807, 2.05) is 24.3 Å². The second-order valence-electron chi connectivity index (χ2n) is 7.81. The molecule has 170 valence electrons. The van der Waals surface area contributed by atoms with Crippen molar-refractivity contribution in [2.24, 2.45) is 0 Å². The number of aryl methyl sites for hydroxylation is 1. The molecular formula is C24H23N3O6. The van der Waals surface area contributed by atoms with E-state index < -0.39 is 22.9 Å². The molecule has 0 saturated heterocycles. The summed E-state index contributed by atoms with van der Waals surface area (Å²) >= 11 is 0. The number of methoxy groups -OCH3 is 1. The molecule has 1 heterocycles. The van der Waals surface area contributed by atoms with Crippen molar-refractivity contribution in [2.45, 2.75) is 38.7 Å². The fraction of sp³-hybridized carbons (Fsp3) is 0.292. The first-order valence-corrected chi connectivity index (χ1v) is 10.6. The summed E-state index contributed by atoms with van der Waals surface area (Å²) in [4.78, 5) is 41.2. The average Bonchev–Trinajstić information content (AvgIpc) is 2.82. The van der Waals surface area contributed by atoms with Crippen LogP contribution in [-0.4, -0.2) is 35.0 Å². The normalized spacial score (nSPS) is 13.6. The Hall–Kier alpha value is -4.01. The van der Waals surface area contributed by atoms with Gasteiger partial charge in [0.2, 0.25) is 0 Å². The standard InChI is InChI=1S/C24H23N3O6/c1-14(23(28)26-20-13-15(27(30)31)11-12-21(20)32-2)33-24(29)22-16-7-3-5-9-18(16)25-19-10-6-4-8-17(19)22/h3,5,7,9,11-14H,4,6,8,10H2,1-2H3,(H,26,28)/t14-/m0/s1. The predicted molar refractivity (Wildman–Crippen MR) is 122 cm³/mol. The number of amides is 1. The van der Waals surface area contributed by atoms with Gasteiger partial charge in [-0.1, -0.05) is 18.2 Å². The lowest BCUT2D eigenvalue weighted by Crippen LogP contribution is -2.30. The first-order valence-electron chi connectivity index (χ1n) is 10.6. The van der Waals surface area contributed by atoms with Crippen molar-refractivity contribution in [3.8, 4) is 5.75 Å². The molecule has 0 bridgehead atoms. The Bertz CT molecular complexity index is 1260. The number of benzene rings is 2. The lowest BCUT2D eigenvalue weighted by molar-refractivity contribution is -0.384. The SMILES string of the molecule is COc1ccc([N+](=O)[O-])cc1NC(=O)[C@H](C)OC(=O)c1c2c(nc3ccccc13)CCCC2. The van der Waals surface area contributed by atoms with Crippen molar-refractivity contribution >= 4 is 34.2 Å². The molecule has 3 aromatic rings. The van der Waals surface area contributed by atoms with E-state index in [-0.39, 0.29) is 17.1 Å². The highest BCUT2D eigenvalue weighted by Crippen LogP contribution is 2.31. The number of fused-ring (bicyclic) bond motifs is 2. The molecule has 4 rings (SSSR count). The number of hydrogen-bond donors (Lipinski definition) is 1. The van der Waals surface area contributed by atoms with Crippen LogP contribution in [0.15, 0.2) is 42.5 Å². The van der Waals surface area contributed by atoms with Crippen molar-refractivity contribution in [1.29, 1.82) is 0 Å². The van der Waals surface area contributed by atoms with Gasteiger partial charge in [-0.05, 0) is 50.3 Å². The van der Waals surface area contributed by atoms with Gasteiger partial charge in [0.1, 0.15) is 5.75 Å². The van der Waals surface area contributed by atoms with Crippen LogP contribution in [0.4, 0.5) is 11.4 Å². The zero-order valence-electron chi connectivity index (χ0n) is 18.3. The summed E-state index contributed by atoms with van der Waals surface area (Å²) in [6.45, 7) is 1.45. The number of carbonyl (C=O) groups is 2. The van der Waals surface area contributed by atoms with Crippen LogP contribution >= 0.6 is 0 Å². The third-order valence-corrected chi connectivity index (χ3v) is 5.68. The van der Waals surface area contributed by atoms with Crippen molar-refractivity contribution in [3.63, 3.8) is 0 Å². The molecule has 1 atom stereocenters. The van der Waals surface area contributed by atoms with Crippen LogP contribution in [0.5, 0.6) is 5.75 Å². The molecule has 0 fully saturated rings. The highest BCUT2D eigenvalue weighted by Gasteiger charge is 2.27. The maximum atomic E-state index is 13.2. The van der Waals surface area contributed by atoms with Crippen LogP contribution in [0.1, 0.15) is 41.4 Å². The first-order chi connectivity index (χ1) is 15.9. The van der Waals surface area contributed by atoms with Crippen LogP contribution in [-0.2, 0) is 22.4 Å². The van der Waals surface area contributed by atoms with E-state index in [0.29, 0.717) is 16.5 Å². The van der Waals surface area contributed by atoms with Crippen molar-refractivity contribution in [1.82, 2.24) is 4.98 Å². The Morgan fingerprint density at radius 3 is 2.67 bits per heavy atom. The van der Waals surface area contributed by atoms with E-state index in [2.05, 4.69) is 5.32 Å². The Morgan fingerprint density at radius 1 is 1.15 bits per heavy atom. The molecule has 33 heavy (non-hydrogen) atoms. The van der Waals surface area contributed by atoms with E-state index in [9.17, 15) is 19.7 Å². The largest absolute Gasteiger partial charge is 0.495 e. The summed E-state index contributed by atoms with van der Waals surface area (Å²) in [6.07, 6.45) is 2.34. The molecule has 1 amide bonds. The molecule has 1 aliphatic carbocycles. The van der Waals surface area contributed by atoms with E-state index in [1.165, 1.54) is 32.2 Å². The number of non-ortho nitro benzene ring substituents is 1. The zero-order valence-corrected chi connectivity index (χ0v) is 18.3. The highest BCUT2D eigenvalue weighted by molar-refractivity contribution is 6.06. The van der Waals surface area contributed by atoms with Gasteiger partial charge in [0, 0.05) is 23.2 Å². The fourth-order valence-electron chi connectivity index (χ4n) is 4.02. The number of nitrogens with zero attached hydrogens (tertiary/aromatic N) is 2. The van der Waals surface area contributed by atoms with Gasteiger partial charge < -0.3 is 14.8 Å². The predicted octanol–water partition coefficient (Wildman–Crippen LogP) is 4.21. The average molecular weight is 449 g/mol. The van der Waals surface area contributed by atoms with Crippen molar-refractivity contribution < 1.29 is 24.0 Å². The van der Waals surface area contributed by atoms with Crippen LogP contribution in [0.3, 0.4) is 0 Å². The van der Waals surface area contributed by atoms with Gasteiger partial charge in [-0.2, -0.15) is 0 Å². The van der Waals surface area contributed by atoms with E-state index in [1.54, 1.807) is 0 Å². The monoisotopic (exact) mass is 449 g/mol. The second-order valence-corrected chi connectivity index (χ2v) is 7.81. The smallest absolute Gasteiger partial charge is 0.339 e. The van der Waals surface area contributed by atoms with Gasteiger partial charge in [0.15, 0.2) is 6.10 Å². The van der Waals surface area contributed by atoms with E-state index in [4.69, 9.17) is 14.5 Å². The quantitative estimate of drug-likeness (QED) is 0.340. The number of rotatable bonds is 6. The number of hydrogen-bond acceptors (Lipinski definition) is 7. The molecule has 0 radical (unpaired) electrons. The summed E-state index contributed by atoms with van der Waals surface area (Å²) in [7, 11) is 1.39. The third kappa shape index (κ3) is 4.48. The molecule has 1 aromatic heterocycles. The molecule has 0 aliphatic heterocycles. The Kier molecular flexibility index (Phi) is 6.21. The summed E-state index contributed by atoms with van der Waals surface area (Å²) in [5.74, 6) is -0.976. The number of pyridine rings is 1. The maximum Gasteiger partial charge on any atom is 0.339 e. The first kappa shape index (κ1) is 22.2. The third-order valence-electron chi connectivity index (χ3n) is 5.68. The summed E-state index contributed by atoms with van der Waals surface area (Å²) < 4.78 is 10.7. The molecule has 0 saturated carbocycles. The van der Waals surface area contributed by atoms with Crippen molar-refractivity contribution in [3.05, 3.63) is 69.4 Å². The van der Waals surface area contributed by atoms with Gasteiger partial charge in [0.25, 0.3) is 11.6 Å². The summed E-state index contributed by atoms with van der Waals surface area (Å²) in [5.41, 5.74) is 2.84. The van der Waals surface area contributed by atoms with Gasteiger partial charge in [-0.15, -0.1) is 0 Å². The lowest BCUT2D eigenvalue weighted by Gasteiger charge is -2.21. The molecule has 0 spiro atoms. The summed E-state index contributed by atoms with van der Waals surface area (Å²) in [5, 5.41) is 14.3. The number of carbonyl (C=O) groups excluding carboxylic acids is 2. The maximum absolute atomic E-state index is 13.2. The van der Waals surface area contributed by atoms with E-state index in [0.717, 1.165) is 36.9 Å². The molecule has 1 aliphatic rings. The Morgan fingerprint density at radius 2 is 1.91 bits per heavy atom. The van der Waals surface area contributed by atoms with Crippen LogP contribution < -0.4 is 10.1 Å². The number of anilines is 1. The molecule has 9 nitrogen and oxygen atoms in total. The number of nitro benzene ring substituents is 1. The molecule has 1 N–H and O–H groups in total. The summed E-state index contributed by atoms with van der Waals surface area (Å²) in [6, 6.07) is 11.2. The molecular weight excluding hydrogens is 426 g/mol. The minimum absolute atomic E-state index is 0.117.